The molecule has 2 rings (SSSR count). The number of hydrogen-bond acceptors (Lipinski definition) is 3. The number of benzene rings is 1. The van der Waals surface area contributed by atoms with Crippen LogP contribution in [0, 0.1) is 5.82 Å². The number of nitrogens with zero attached hydrogens (tertiary/aromatic N) is 1. The molecule has 1 aliphatic rings. The minimum absolute atomic E-state index is 0.135. The van der Waals surface area contributed by atoms with Gasteiger partial charge in [0.25, 0.3) is 0 Å². The summed E-state index contributed by atoms with van der Waals surface area (Å²) in [4.78, 5) is 13.9. The SMILES string of the molecule is NC1CCCN(CC(=O)Nc2ccc(F)cc2Cl)C1. The first-order valence-corrected chi connectivity index (χ1v) is 6.65. The number of carbonyl (C=O) groups excluding carboxylic acids is 1. The van der Waals surface area contributed by atoms with Crippen molar-refractivity contribution in [3.8, 4) is 0 Å². The van der Waals surface area contributed by atoms with Crippen LogP contribution in [0.15, 0.2) is 18.2 Å². The monoisotopic (exact) mass is 285 g/mol. The molecule has 1 unspecified atom stereocenters. The Balaban J connectivity index is 1.90. The van der Waals surface area contributed by atoms with Gasteiger partial charge in [-0.3, -0.25) is 9.69 Å². The van der Waals surface area contributed by atoms with Gasteiger partial charge in [-0.25, -0.2) is 4.39 Å². The molecule has 0 aromatic heterocycles. The summed E-state index contributed by atoms with van der Waals surface area (Å²) in [5, 5.41) is 2.88. The lowest BCUT2D eigenvalue weighted by atomic mass is 10.1. The van der Waals surface area contributed by atoms with Crippen LogP contribution in [0.3, 0.4) is 0 Å². The van der Waals surface area contributed by atoms with Crippen LogP contribution in [0.5, 0.6) is 0 Å². The topological polar surface area (TPSA) is 58.4 Å². The Hall–Kier alpha value is -1.17. The van der Waals surface area contributed by atoms with Crippen LogP contribution in [0.2, 0.25) is 5.02 Å². The lowest BCUT2D eigenvalue weighted by molar-refractivity contribution is -0.117. The molecule has 19 heavy (non-hydrogen) atoms. The molecule has 1 amide bonds. The maximum absolute atomic E-state index is 12.9. The molecule has 0 spiro atoms. The number of nitrogens with one attached hydrogen (secondary N) is 1. The van der Waals surface area contributed by atoms with Gasteiger partial charge in [0.05, 0.1) is 17.3 Å². The van der Waals surface area contributed by atoms with E-state index in [1.54, 1.807) is 0 Å². The fourth-order valence-electron chi connectivity index (χ4n) is 2.22. The van der Waals surface area contributed by atoms with E-state index in [1.807, 2.05) is 4.90 Å². The zero-order valence-electron chi connectivity index (χ0n) is 10.5. The number of carbonyl (C=O) groups is 1. The maximum Gasteiger partial charge on any atom is 0.238 e. The predicted octanol–water partition coefficient (Wildman–Crippen LogP) is 1.84. The number of nitrogens with two attached hydrogens (primary N) is 1. The molecule has 1 aromatic carbocycles. The van der Waals surface area contributed by atoms with E-state index >= 15 is 0 Å². The van der Waals surface area contributed by atoms with Gasteiger partial charge in [0.2, 0.25) is 5.91 Å². The molecule has 1 atom stereocenters. The van der Waals surface area contributed by atoms with E-state index in [9.17, 15) is 9.18 Å². The van der Waals surface area contributed by atoms with Crippen LogP contribution in [0.25, 0.3) is 0 Å². The maximum atomic E-state index is 12.9. The van der Waals surface area contributed by atoms with Crippen molar-refractivity contribution in [1.82, 2.24) is 4.90 Å². The predicted molar refractivity (Wildman–Crippen MR) is 73.7 cm³/mol. The molecule has 0 saturated carbocycles. The van der Waals surface area contributed by atoms with Gasteiger partial charge >= 0.3 is 0 Å². The fourth-order valence-corrected chi connectivity index (χ4v) is 2.43. The average molecular weight is 286 g/mol. The Morgan fingerprint density at radius 1 is 1.58 bits per heavy atom. The molecular weight excluding hydrogens is 269 g/mol. The number of hydrogen-bond donors (Lipinski definition) is 2. The fraction of sp³-hybridized carbons (Fsp3) is 0.462. The molecule has 0 bridgehead atoms. The molecular formula is C13H17ClFN3O. The molecule has 1 aromatic rings. The summed E-state index contributed by atoms with van der Waals surface area (Å²) in [5.41, 5.74) is 6.28. The summed E-state index contributed by atoms with van der Waals surface area (Å²) in [5.74, 6) is -0.590. The molecule has 104 valence electrons. The van der Waals surface area contributed by atoms with Gasteiger partial charge < -0.3 is 11.1 Å². The van der Waals surface area contributed by atoms with Gasteiger partial charge in [-0.2, -0.15) is 0 Å². The first kappa shape index (κ1) is 14.2. The number of halogens is 2. The van der Waals surface area contributed by atoms with E-state index < -0.39 is 5.82 Å². The molecule has 1 saturated heterocycles. The van der Waals surface area contributed by atoms with Crippen LogP contribution >= 0.6 is 11.6 Å². The summed E-state index contributed by atoms with van der Waals surface area (Å²) in [6.45, 7) is 1.88. The highest BCUT2D eigenvalue weighted by Crippen LogP contribution is 2.22. The largest absolute Gasteiger partial charge is 0.327 e. The zero-order chi connectivity index (χ0) is 13.8. The highest BCUT2D eigenvalue weighted by Gasteiger charge is 2.19. The van der Waals surface area contributed by atoms with Gasteiger partial charge in [-0.1, -0.05) is 11.6 Å². The van der Waals surface area contributed by atoms with Crippen molar-refractivity contribution >= 4 is 23.2 Å². The molecule has 0 aliphatic carbocycles. The number of piperidine rings is 1. The molecule has 6 heteroatoms. The summed E-state index contributed by atoms with van der Waals surface area (Å²) in [7, 11) is 0. The number of rotatable bonds is 3. The van der Waals surface area contributed by atoms with Crippen molar-refractivity contribution in [3.63, 3.8) is 0 Å². The Morgan fingerprint density at radius 2 is 2.37 bits per heavy atom. The normalized spacial score (nSPS) is 20.3. The molecule has 4 nitrogen and oxygen atoms in total. The molecule has 1 heterocycles. The second-order valence-corrected chi connectivity index (χ2v) is 5.22. The van der Waals surface area contributed by atoms with Crippen molar-refractivity contribution in [2.45, 2.75) is 18.9 Å². The van der Waals surface area contributed by atoms with Crippen molar-refractivity contribution in [2.75, 3.05) is 25.0 Å². The van der Waals surface area contributed by atoms with Crippen molar-refractivity contribution in [3.05, 3.63) is 29.0 Å². The zero-order valence-corrected chi connectivity index (χ0v) is 11.3. The van der Waals surface area contributed by atoms with Crippen molar-refractivity contribution in [1.29, 1.82) is 0 Å². The van der Waals surface area contributed by atoms with E-state index in [2.05, 4.69) is 5.32 Å². The Kier molecular flexibility index (Phi) is 4.74. The van der Waals surface area contributed by atoms with E-state index in [0.717, 1.165) is 25.9 Å². The van der Waals surface area contributed by atoms with E-state index in [1.165, 1.54) is 18.2 Å². The second-order valence-electron chi connectivity index (χ2n) is 4.81. The lowest BCUT2D eigenvalue weighted by Gasteiger charge is -2.29. The number of likely N-dealkylation sites (tertiary alicyclic amines) is 1. The first-order chi connectivity index (χ1) is 9.04. The van der Waals surface area contributed by atoms with Gasteiger partial charge in [0.15, 0.2) is 0 Å². The molecule has 0 radical (unpaired) electrons. The summed E-state index contributed by atoms with van der Waals surface area (Å²) in [6.07, 6.45) is 2.01. The van der Waals surface area contributed by atoms with Gasteiger partial charge in [-0.05, 0) is 37.6 Å². The summed E-state index contributed by atoms with van der Waals surface area (Å²) >= 11 is 5.85. The van der Waals surface area contributed by atoms with Crippen molar-refractivity contribution < 1.29 is 9.18 Å². The Bertz CT molecular complexity index is 469. The van der Waals surface area contributed by atoms with Crippen molar-refractivity contribution in [2.24, 2.45) is 5.73 Å². The van der Waals surface area contributed by atoms with E-state index in [-0.39, 0.29) is 23.5 Å². The molecule has 1 fully saturated rings. The number of anilines is 1. The summed E-state index contributed by atoms with van der Waals surface area (Å²) in [6, 6.07) is 4.03. The third-order valence-electron chi connectivity index (χ3n) is 3.11. The van der Waals surface area contributed by atoms with E-state index in [4.69, 9.17) is 17.3 Å². The van der Waals surface area contributed by atoms with Gasteiger partial charge in [0.1, 0.15) is 5.82 Å². The average Bonchev–Trinajstić information content (AvgIpc) is 2.33. The second kappa shape index (κ2) is 6.32. The standard InChI is InChI=1S/C13H17ClFN3O/c14-11-6-9(15)3-4-12(11)17-13(19)8-18-5-1-2-10(16)7-18/h3-4,6,10H,1-2,5,7-8,16H2,(H,17,19). The Morgan fingerprint density at radius 3 is 3.05 bits per heavy atom. The third-order valence-corrected chi connectivity index (χ3v) is 3.43. The number of amides is 1. The van der Waals surface area contributed by atoms with Crippen LogP contribution in [0.4, 0.5) is 10.1 Å². The van der Waals surface area contributed by atoms with Gasteiger partial charge in [0, 0.05) is 12.6 Å². The lowest BCUT2D eigenvalue weighted by Crippen LogP contribution is -2.45. The van der Waals surface area contributed by atoms with Crippen LogP contribution < -0.4 is 11.1 Å². The Labute approximate surface area is 116 Å². The quantitative estimate of drug-likeness (QED) is 0.891. The highest BCUT2D eigenvalue weighted by atomic mass is 35.5. The minimum atomic E-state index is -0.426. The van der Waals surface area contributed by atoms with Gasteiger partial charge in [-0.15, -0.1) is 0 Å². The molecule has 3 N–H and O–H groups in total. The van der Waals surface area contributed by atoms with Crippen LogP contribution in [0.1, 0.15) is 12.8 Å². The van der Waals surface area contributed by atoms with Crippen LogP contribution in [-0.4, -0.2) is 36.5 Å². The third kappa shape index (κ3) is 4.16. The van der Waals surface area contributed by atoms with E-state index in [0.29, 0.717) is 5.69 Å². The molecule has 1 aliphatic heterocycles. The van der Waals surface area contributed by atoms with Crippen LogP contribution in [-0.2, 0) is 4.79 Å². The first-order valence-electron chi connectivity index (χ1n) is 6.27. The highest BCUT2D eigenvalue weighted by molar-refractivity contribution is 6.33. The minimum Gasteiger partial charge on any atom is -0.327 e. The smallest absolute Gasteiger partial charge is 0.238 e. The summed E-state index contributed by atoms with van der Waals surface area (Å²) < 4.78 is 12.9.